The number of aromatic nitrogens is 3. The van der Waals surface area contributed by atoms with Crippen molar-refractivity contribution in [2.24, 2.45) is 0 Å². The minimum Gasteiger partial charge on any atom is -0.478 e. The molecule has 0 aliphatic carbocycles. The molecule has 0 unspecified atom stereocenters. The van der Waals surface area contributed by atoms with Crippen molar-refractivity contribution < 1.29 is 4.74 Å². The number of imidazole rings is 1. The number of aromatic amines is 1. The Kier molecular flexibility index (Phi) is 4.20. The standard InChI is InChI=1S/C12H16ClN3O/c1-2-17-11-7-6-9-12(16-11)15-10(14-9)5-3-4-8-13/h6-7H,2-5,8H2,1H3,(H,14,15,16). The molecule has 0 radical (unpaired) electrons. The van der Waals surface area contributed by atoms with Crippen molar-refractivity contribution in [3.8, 4) is 5.88 Å². The molecule has 4 nitrogen and oxygen atoms in total. The van der Waals surface area contributed by atoms with E-state index >= 15 is 0 Å². The van der Waals surface area contributed by atoms with Crippen LogP contribution in [0.25, 0.3) is 11.2 Å². The van der Waals surface area contributed by atoms with Crippen LogP contribution < -0.4 is 4.74 Å². The number of pyridine rings is 1. The molecule has 0 spiro atoms. The molecule has 92 valence electrons. The molecule has 0 atom stereocenters. The Morgan fingerprint density at radius 2 is 2.18 bits per heavy atom. The third kappa shape index (κ3) is 3.09. The van der Waals surface area contributed by atoms with Crippen LogP contribution in [-0.2, 0) is 6.42 Å². The zero-order valence-corrected chi connectivity index (χ0v) is 10.6. The van der Waals surface area contributed by atoms with Crippen LogP contribution in [0, 0.1) is 0 Å². The number of halogens is 1. The number of ether oxygens (including phenoxy) is 1. The van der Waals surface area contributed by atoms with Crippen LogP contribution in [0.4, 0.5) is 0 Å². The first-order chi connectivity index (χ1) is 8.33. The largest absolute Gasteiger partial charge is 0.478 e. The second-order valence-electron chi connectivity index (χ2n) is 3.78. The normalized spacial score (nSPS) is 10.9. The minimum atomic E-state index is 0.617. The highest BCUT2D eigenvalue weighted by Gasteiger charge is 2.05. The molecule has 2 aromatic rings. The second kappa shape index (κ2) is 5.87. The summed E-state index contributed by atoms with van der Waals surface area (Å²) >= 11 is 5.64. The first kappa shape index (κ1) is 12.2. The van der Waals surface area contributed by atoms with E-state index in [1.807, 2.05) is 19.1 Å². The summed E-state index contributed by atoms with van der Waals surface area (Å²) in [5, 5.41) is 0. The van der Waals surface area contributed by atoms with E-state index in [1.54, 1.807) is 0 Å². The molecule has 0 fully saturated rings. The summed E-state index contributed by atoms with van der Waals surface area (Å²) in [4.78, 5) is 12.0. The Labute approximate surface area is 105 Å². The van der Waals surface area contributed by atoms with Crippen LogP contribution >= 0.6 is 11.6 Å². The van der Waals surface area contributed by atoms with Crippen LogP contribution in [0.3, 0.4) is 0 Å². The molecule has 0 saturated carbocycles. The highest BCUT2D eigenvalue weighted by Crippen LogP contribution is 2.15. The van der Waals surface area contributed by atoms with Crippen LogP contribution in [-0.4, -0.2) is 27.4 Å². The third-order valence-electron chi connectivity index (χ3n) is 2.46. The van der Waals surface area contributed by atoms with E-state index in [0.717, 1.165) is 36.3 Å². The van der Waals surface area contributed by atoms with Crippen LogP contribution in [0.15, 0.2) is 12.1 Å². The topological polar surface area (TPSA) is 50.8 Å². The summed E-state index contributed by atoms with van der Waals surface area (Å²) in [6.07, 6.45) is 2.96. The summed E-state index contributed by atoms with van der Waals surface area (Å²) in [7, 11) is 0. The smallest absolute Gasteiger partial charge is 0.215 e. The van der Waals surface area contributed by atoms with Crippen LogP contribution in [0.1, 0.15) is 25.6 Å². The van der Waals surface area contributed by atoms with E-state index in [0.29, 0.717) is 18.4 Å². The van der Waals surface area contributed by atoms with Gasteiger partial charge in [-0.1, -0.05) is 0 Å². The lowest BCUT2D eigenvalue weighted by molar-refractivity contribution is 0.328. The van der Waals surface area contributed by atoms with Gasteiger partial charge in [0, 0.05) is 18.4 Å². The Morgan fingerprint density at radius 3 is 2.94 bits per heavy atom. The van der Waals surface area contributed by atoms with Gasteiger partial charge < -0.3 is 9.72 Å². The van der Waals surface area contributed by atoms with Gasteiger partial charge in [0.1, 0.15) is 5.82 Å². The molecule has 0 bridgehead atoms. The van der Waals surface area contributed by atoms with Gasteiger partial charge >= 0.3 is 0 Å². The van der Waals surface area contributed by atoms with Gasteiger partial charge in [0.25, 0.3) is 0 Å². The van der Waals surface area contributed by atoms with E-state index in [4.69, 9.17) is 16.3 Å². The Morgan fingerprint density at radius 1 is 1.29 bits per heavy atom. The summed E-state index contributed by atoms with van der Waals surface area (Å²) in [6.45, 7) is 2.56. The van der Waals surface area contributed by atoms with Gasteiger partial charge in [0.05, 0.1) is 12.1 Å². The highest BCUT2D eigenvalue weighted by molar-refractivity contribution is 6.17. The third-order valence-corrected chi connectivity index (χ3v) is 2.73. The highest BCUT2D eigenvalue weighted by atomic mass is 35.5. The van der Waals surface area contributed by atoms with Gasteiger partial charge in [-0.2, -0.15) is 4.98 Å². The summed E-state index contributed by atoms with van der Waals surface area (Å²) < 4.78 is 5.34. The number of H-pyrrole nitrogens is 1. The average Bonchev–Trinajstić information content (AvgIpc) is 2.72. The number of rotatable bonds is 6. The molecular formula is C12H16ClN3O. The Balaban J connectivity index is 2.12. The molecule has 0 saturated heterocycles. The maximum atomic E-state index is 5.64. The molecule has 2 heterocycles. The van der Waals surface area contributed by atoms with E-state index in [9.17, 15) is 0 Å². The molecule has 0 amide bonds. The maximum absolute atomic E-state index is 5.64. The van der Waals surface area contributed by atoms with Gasteiger partial charge in [-0.05, 0) is 25.8 Å². The number of fused-ring (bicyclic) bond motifs is 1. The summed E-state index contributed by atoms with van der Waals surface area (Å²) in [6, 6.07) is 3.80. The van der Waals surface area contributed by atoms with Gasteiger partial charge in [-0.15, -0.1) is 11.6 Å². The lowest BCUT2D eigenvalue weighted by atomic mass is 10.2. The predicted octanol–water partition coefficient (Wildman–Crippen LogP) is 2.92. The number of aryl methyl sites for hydroxylation is 1. The fourth-order valence-corrected chi connectivity index (χ4v) is 1.85. The van der Waals surface area contributed by atoms with Crippen molar-refractivity contribution in [1.82, 2.24) is 15.0 Å². The van der Waals surface area contributed by atoms with Gasteiger partial charge in [0.2, 0.25) is 5.88 Å². The van der Waals surface area contributed by atoms with Crippen molar-refractivity contribution >= 4 is 22.8 Å². The minimum absolute atomic E-state index is 0.617. The van der Waals surface area contributed by atoms with E-state index in [-0.39, 0.29) is 0 Å². The van der Waals surface area contributed by atoms with Crippen molar-refractivity contribution in [1.29, 1.82) is 0 Å². The quantitative estimate of drug-likeness (QED) is 0.636. The predicted molar refractivity (Wildman–Crippen MR) is 68.7 cm³/mol. The SMILES string of the molecule is CCOc1ccc2[nH]c(CCCCCl)nc2n1. The van der Waals surface area contributed by atoms with Crippen molar-refractivity contribution in [3.05, 3.63) is 18.0 Å². The number of nitrogens with zero attached hydrogens (tertiary/aromatic N) is 2. The second-order valence-corrected chi connectivity index (χ2v) is 4.16. The van der Waals surface area contributed by atoms with Gasteiger partial charge in [-0.3, -0.25) is 0 Å². The van der Waals surface area contributed by atoms with Crippen molar-refractivity contribution in [3.63, 3.8) is 0 Å². The molecule has 2 rings (SSSR count). The zero-order chi connectivity index (χ0) is 12.1. The average molecular weight is 254 g/mol. The number of unbranched alkanes of at least 4 members (excludes halogenated alkanes) is 1. The lowest BCUT2D eigenvalue weighted by Crippen LogP contribution is -1.93. The van der Waals surface area contributed by atoms with Crippen LogP contribution in [0.2, 0.25) is 0 Å². The molecule has 0 aliphatic heterocycles. The number of nitrogens with one attached hydrogen (secondary N) is 1. The Hall–Kier alpha value is -1.29. The first-order valence-electron chi connectivity index (χ1n) is 5.88. The van der Waals surface area contributed by atoms with Crippen molar-refractivity contribution in [2.75, 3.05) is 12.5 Å². The fourth-order valence-electron chi connectivity index (χ4n) is 1.66. The molecular weight excluding hydrogens is 238 g/mol. The summed E-state index contributed by atoms with van der Waals surface area (Å²) in [5.41, 5.74) is 1.67. The zero-order valence-electron chi connectivity index (χ0n) is 9.87. The molecule has 2 aromatic heterocycles. The molecule has 0 aliphatic rings. The van der Waals surface area contributed by atoms with Gasteiger partial charge in [0.15, 0.2) is 5.65 Å². The number of alkyl halides is 1. The van der Waals surface area contributed by atoms with E-state index < -0.39 is 0 Å². The molecule has 5 heteroatoms. The molecule has 0 aromatic carbocycles. The lowest BCUT2D eigenvalue weighted by Gasteiger charge is -1.99. The van der Waals surface area contributed by atoms with E-state index in [1.165, 1.54) is 0 Å². The van der Waals surface area contributed by atoms with Crippen LogP contribution in [0.5, 0.6) is 5.88 Å². The number of hydrogen-bond acceptors (Lipinski definition) is 3. The molecule has 17 heavy (non-hydrogen) atoms. The number of hydrogen-bond donors (Lipinski definition) is 1. The molecule has 1 N–H and O–H groups in total. The Bertz CT molecular complexity index is 484. The first-order valence-corrected chi connectivity index (χ1v) is 6.41. The summed E-state index contributed by atoms with van der Waals surface area (Å²) in [5.74, 6) is 2.29. The monoisotopic (exact) mass is 253 g/mol. The fraction of sp³-hybridized carbons (Fsp3) is 0.500. The van der Waals surface area contributed by atoms with Gasteiger partial charge in [-0.25, -0.2) is 4.98 Å². The van der Waals surface area contributed by atoms with E-state index in [2.05, 4.69) is 15.0 Å². The van der Waals surface area contributed by atoms with Crippen molar-refractivity contribution in [2.45, 2.75) is 26.2 Å². The maximum Gasteiger partial charge on any atom is 0.215 e.